The summed E-state index contributed by atoms with van der Waals surface area (Å²) in [6.45, 7) is 2.28. The quantitative estimate of drug-likeness (QED) is 0.496. The third-order valence-electron chi connectivity index (χ3n) is 5.24. The fourth-order valence-corrected chi connectivity index (χ4v) is 3.33. The first kappa shape index (κ1) is 19.9. The summed E-state index contributed by atoms with van der Waals surface area (Å²) in [5, 5.41) is 3.23. The normalized spacial score (nSPS) is 13.2. The summed E-state index contributed by atoms with van der Waals surface area (Å²) in [6, 6.07) is 7.59. The number of carbonyl (C=O) groups is 1. The molecule has 10 nitrogen and oxygen atoms in total. The lowest BCUT2D eigenvalue weighted by atomic mass is 10.2. The monoisotopic (exact) mass is 430 g/mol. The molecule has 0 bridgehead atoms. The summed E-state index contributed by atoms with van der Waals surface area (Å²) >= 11 is 0. The summed E-state index contributed by atoms with van der Waals surface area (Å²) in [4.78, 5) is 34.7. The highest BCUT2D eigenvalue weighted by molar-refractivity contribution is 5.87. The van der Waals surface area contributed by atoms with Gasteiger partial charge in [-0.1, -0.05) is 6.07 Å². The van der Waals surface area contributed by atoms with E-state index >= 15 is 0 Å². The van der Waals surface area contributed by atoms with Crippen LogP contribution >= 0.6 is 0 Å². The average molecular weight is 430 g/mol. The smallest absolute Gasteiger partial charge is 0.374 e. The van der Waals surface area contributed by atoms with Crippen LogP contribution in [0.5, 0.6) is 6.01 Å². The van der Waals surface area contributed by atoms with Crippen molar-refractivity contribution < 1.29 is 9.53 Å². The van der Waals surface area contributed by atoms with Gasteiger partial charge in [0.05, 0.1) is 12.2 Å². The van der Waals surface area contributed by atoms with E-state index in [1.54, 1.807) is 26.1 Å². The first-order chi connectivity index (χ1) is 15.5. The Balaban J connectivity index is 1.24. The van der Waals surface area contributed by atoms with E-state index in [1.165, 1.54) is 35.8 Å². The highest BCUT2D eigenvalue weighted by atomic mass is 16.6. The van der Waals surface area contributed by atoms with Crippen LogP contribution in [0.2, 0.25) is 0 Å². The predicted octanol–water partition coefficient (Wildman–Crippen LogP) is 3.35. The van der Waals surface area contributed by atoms with Crippen LogP contribution in [0.1, 0.15) is 35.7 Å². The Morgan fingerprint density at radius 2 is 2.06 bits per heavy atom. The number of pyridine rings is 1. The zero-order chi connectivity index (χ0) is 22.1. The molecule has 0 aliphatic heterocycles. The van der Waals surface area contributed by atoms with E-state index in [1.807, 2.05) is 6.20 Å². The van der Waals surface area contributed by atoms with E-state index in [2.05, 4.69) is 53.0 Å². The number of aromatic nitrogens is 6. The van der Waals surface area contributed by atoms with Gasteiger partial charge in [-0.2, -0.15) is 0 Å². The van der Waals surface area contributed by atoms with Gasteiger partial charge in [-0.15, -0.1) is 0 Å². The van der Waals surface area contributed by atoms with Gasteiger partial charge in [-0.3, -0.25) is 4.90 Å². The number of aryl methyl sites for hydroxylation is 1. The Kier molecular flexibility index (Phi) is 5.10. The molecule has 0 spiro atoms. The molecule has 5 rings (SSSR count). The number of hydrogen-bond donors (Lipinski definition) is 1. The Hall–Kier alpha value is -4.08. The lowest BCUT2D eigenvalue weighted by Gasteiger charge is -2.15. The third-order valence-corrected chi connectivity index (χ3v) is 5.24. The molecule has 4 aromatic rings. The fraction of sp³-hybridized carbons (Fsp3) is 0.273. The zero-order valence-electron chi connectivity index (χ0n) is 17.8. The second kappa shape index (κ2) is 8.22. The highest BCUT2D eigenvalue weighted by Crippen LogP contribution is 2.39. The molecule has 162 valence electrons. The maximum absolute atomic E-state index is 12.4. The molecule has 0 saturated heterocycles. The van der Waals surface area contributed by atoms with Crippen LogP contribution in [-0.2, 0) is 6.54 Å². The van der Waals surface area contributed by atoms with Crippen molar-refractivity contribution in [3.63, 3.8) is 0 Å². The minimum atomic E-state index is -0.646. The van der Waals surface area contributed by atoms with Crippen LogP contribution in [0.4, 0.5) is 16.4 Å². The molecular weight excluding hydrogens is 408 g/mol. The van der Waals surface area contributed by atoms with E-state index in [4.69, 9.17) is 4.74 Å². The summed E-state index contributed by atoms with van der Waals surface area (Å²) in [5.74, 6) is 1.64. The van der Waals surface area contributed by atoms with Crippen molar-refractivity contribution in [1.82, 2.24) is 29.3 Å². The van der Waals surface area contributed by atoms with Gasteiger partial charge in [0.1, 0.15) is 23.6 Å². The fourth-order valence-electron chi connectivity index (χ4n) is 3.33. The van der Waals surface area contributed by atoms with E-state index in [0.29, 0.717) is 29.8 Å². The summed E-state index contributed by atoms with van der Waals surface area (Å²) < 4.78 is 7.28. The predicted molar refractivity (Wildman–Crippen MR) is 118 cm³/mol. The first-order valence-electron chi connectivity index (χ1n) is 10.3. The first-order valence-corrected chi connectivity index (χ1v) is 10.3. The molecule has 1 aliphatic rings. The van der Waals surface area contributed by atoms with Gasteiger partial charge in [0, 0.05) is 37.4 Å². The number of fused-ring (bicyclic) bond motifs is 1. The molecule has 4 aromatic heterocycles. The molecule has 10 heteroatoms. The van der Waals surface area contributed by atoms with Gasteiger partial charge < -0.3 is 14.5 Å². The number of rotatable bonds is 6. The maximum atomic E-state index is 12.4. The van der Waals surface area contributed by atoms with E-state index in [0.717, 1.165) is 11.3 Å². The number of ether oxygens (including phenoxy) is 1. The molecule has 0 radical (unpaired) electrons. The number of carbonyl (C=O) groups excluding carboxylic acids is 1. The Labute approximate surface area is 184 Å². The molecule has 0 atom stereocenters. The molecule has 0 unspecified atom stereocenters. The Morgan fingerprint density at radius 1 is 1.19 bits per heavy atom. The van der Waals surface area contributed by atoms with Gasteiger partial charge in [0.15, 0.2) is 0 Å². The van der Waals surface area contributed by atoms with Crippen molar-refractivity contribution in [2.45, 2.75) is 32.2 Å². The second-order valence-corrected chi connectivity index (χ2v) is 7.76. The molecule has 1 amide bonds. The maximum Gasteiger partial charge on any atom is 0.423 e. The van der Waals surface area contributed by atoms with Crippen molar-refractivity contribution in [2.24, 2.45) is 0 Å². The summed E-state index contributed by atoms with van der Waals surface area (Å²) in [7, 11) is 1.56. The summed E-state index contributed by atoms with van der Waals surface area (Å²) in [6.07, 6.45) is 8.98. The van der Waals surface area contributed by atoms with Gasteiger partial charge in [-0.25, -0.2) is 29.7 Å². The number of nitrogens with one attached hydrogen (secondary N) is 1. The molecule has 1 N–H and O–H groups in total. The van der Waals surface area contributed by atoms with Gasteiger partial charge in [-0.05, 0) is 43.4 Å². The largest absolute Gasteiger partial charge is 0.423 e. The van der Waals surface area contributed by atoms with Gasteiger partial charge in [0.25, 0.3) is 0 Å². The van der Waals surface area contributed by atoms with Crippen LogP contribution in [0.3, 0.4) is 0 Å². The van der Waals surface area contributed by atoms with Crippen LogP contribution in [0.15, 0.2) is 49.2 Å². The van der Waals surface area contributed by atoms with Crippen LogP contribution in [0.25, 0.3) is 5.65 Å². The minimum Gasteiger partial charge on any atom is -0.374 e. The van der Waals surface area contributed by atoms with Crippen LogP contribution in [-0.4, -0.2) is 42.5 Å². The number of imidazole rings is 1. The van der Waals surface area contributed by atoms with Gasteiger partial charge >= 0.3 is 12.1 Å². The number of anilines is 2. The van der Waals surface area contributed by atoms with Crippen LogP contribution in [0, 0.1) is 6.92 Å². The molecule has 1 aliphatic carbocycles. The van der Waals surface area contributed by atoms with E-state index in [9.17, 15) is 4.79 Å². The van der Waals surface area contributed by atoms with Crippen molar-refractivity contribution in [3.05, 3.63) is 66.1 Å². The lowest BCUT2D eigenvalue weighted by Crippen LogP contribution is -2.30. The molecule has 0 aromatic carbocycles. The molecule has 32 heavy (non-hydrogen) atoms. The lowest BCUT2D eigenvalue weighted by molar-refractivity contribution is 0.205. The van der Waals surface area contributed by atoms with Crippen LogP contribution < -0.4 is 15.0 Å². The SMILES string of the molecule is Cc1ccnc(OC(=O)N(C)c2cc(NCc3cn4cc(C5CC5)ccc4n3)ncn2)n1. The number of hydrogen-bond acceptors (Lipinski definition) is 8. The van der Waals surface area contributed by atoms with Crippen molar-refractivity contribution in [2.75, 3.05) is 17.3 Å². The molecule has 4 heterocycles. The molecule has 1 fully saturated rings. The standard InChI is InChI=1S/C22H22N8O2/c1-14-7-8-23-21(27-14)32-22(31)29(2)20-9-18(25-13-26-20)24-10-17-12-30-11-16(15-3-4-15)5-6-19(30)28-17/h5-9,11-13,15H,3-4,10H2,1-2H3,(H,24,25,26). The molecule has 1 saturated carbocycles. The topological polar surface area (TPSA) is 110 Å². The second-order valence-electron chi connectivity index (χ2n) is 7.76. The minimum absolute atomic E-state index is 0.00838. The third kappa shape index (κ3) is 4.34. The highest BCUT2D eigenvalue weighted by Gasteiger charge is 2.23. The van der Waals surface area contributed by atoms with Crippen molar-refractivity contribution >= 4 is 23.4 Å². The number of amides is 1. The number of nitrogens with zero attached hydrogens (tertiary/aromatic N) is 7. The van der Waals surface area contributed by atoms with Gasteiger partial charge in [0.2, 0.25) is 0 Å². The molecular formula is C22H22N8O2. The van der Waals surface area contributed by atoms with Crippen molar-refractivity contribution in [1.29, 1.82) is 0 Å². The Morgan fingerprint density at radius 3 is 2.88 bits per heavy atom. The summed E-state index contributed by atoms with van der Waals surface area (Å²) in [5.41, 5.74) is 3.87. The Bertz CT molecular complexity index is 1280. The van der Waals surface area contributed by atoms with E-state index < -0.39 is 6.09 Å². The average Bonchev–Trinajstić information content (AvgIpc) is 3.56. The van der Waals surface area contributed by atoms with Crippen molar-refractivity contribution in [3.8, 4) is 6.01 Å². The van der Waals surface area contributed by atoms with E-state index in [-0.39, 0.29) is 6.01 Å². The zero-order valence-corrected chi connectivity index (χ0v) is 17.8.